The molecule has 0 unspecified atom stereocenters. The summed E-state index contributed by atoms with van der Waals surface area (Å²) in [6.07, 6.45) is 9.08. The molecule has 5 nitrogen and oxygen atoms in total. The van der Waals surface area contributed by atoms with Crippen LogP contribution in [0.3, 0.4) is 0 Å². The fourth-order valence-corrected chi connectivity index (χ4v) is 1.58. The number of hydrogen-bond donors (Lipinski definition) is 1. The molecule has 0 aliphatic carbocycles. The Balaban J connectivity index is -0.000000448. The number of carboxylic acid groups (broad SMARTS) is 3. The van der Waals surface area contributed by atoms with Crippen LogP contribution in [-0.4, -0.2) is 17.2 Å². The first kappa shape index (κ1) is 23.5. The molecule has 1 N–H and O–H groups in total. The first-order chi connectivity index (χ1) is 8.50. The van der Waals surface area contributed by atoms with E-state index in [0.29, 0.717) is 0 Å². The molecule has 0 saturated carbocycles. The van der Waals surface area contributed by atoms with Gasteiger partial charge in [-0.15, -0.1) is 0 Å². The van der Waals surface area contributed by atoms with E-state index >= 15 is 0 Å². The Labute approximate surface area is 128 Å². The van der Waals surface area contributed by atoms with Crippen LogP contribution in [0.2, 0.25) is 0 Å². The molecule has 108 valence electrons. The molecule has 0 aliphatic rings. The van der Waals surface area contributed by atoms with E-state index in [1.165, 1.54) is 44.9 Å². The zero-order valence-corrected chi connectivity index (χ0v) is 14.8. The second-order valence-electron chi connectivity index (χ2n) is 4.22. The maximum absolute atomic E-state index is 10.1. The average molecular weight is 326 g/mol. The van der Waals surface area contributed by atoms with Gasteiger partial charge in [0.1, 0.15) is 0 Å². The second-order valence-corrected chi connectivity index (χ2v) is 4.22. The minimum Gasteiger partial charge on any atom is -0.565 e. The Hall–Kier alpha value is -0.637. The molecule has 0 bridgehead atoms. The average Bonchev–Trinajstić information content (AvgIpc) is 2.26. The molecular formula is C13H24O5Zn. The van der Waals surface area contributed by atoms with E-state index in [2.05, 4.69) is 6.92 Å². The van der Waals surface area contributed by atoms with Crippen LogP contribution in [0, 0.1) is 0 Å². The van der Waals surface area contributed by atoms with Crippen LogP contribution in [0.4, 0.5) is 4.79 Å². The van der Waals surface area contributed by atoms with Crippen molar-refractivity contribution in [2.24, 2.45) is 0 Å². The van der Waals surface area contributed by atoms with Crippen molar-refractivity contribution in [3.63, 3.8) is 0 Å². The summed E-state index contributed by atoms with van der Waals surface area (Å²) in [4.78, 5) is 18.5. The number of carbonyl (C=O) groups is 2. The van der Waals surface area contributed by atoms with Gasteiger partial charge >= 0.3 is 19.5 Å². The molecule has 0 spiro atoms. The summed E-state index contributed by atoms with van der Waals surface area (Å²) in [6.45, 7) is 2.22. The smallest absolute Gasteiger partial charge is 0.565 e. The summed E-state index contributed by atoms with van der Waals surface area (Å²) in [5, 5.41) is 25.4. The van der Waals surface area contributed by atoms with Crippen LogP contribution in [0.25, 0.3) is 0 Å². The van der Waals surface area contributed by atoms with Crippen molar-refractivity contribution >= 4 is 12.1 Å². The standard InChI is InChI=1S/C12H24O2.CH2O3.Zn/c1-2-3-4-5-6-7-8-9-10-11-12(13)14;2-1(3)4;/h2-11H2,1H3,(H,13,14);(H2,2,3,4);/q;;+2/p-2. The third kappa shape index (κ3) is 38.2. The molecule has 6 heteroatoms. The van der Waals surface area contributed by atoms with Gasteiger partial charge in [0, 0.05) is 5.97 Å². The maximum atomic E-state index is 10.1. The van der Waals surface area contributed by atoms with E-state index in [0.717, 1.165) is 12.8 Å². The van der Waals surface area contributed by atoms with E-state index in [1.807, 2.05) is 0 Å². The van der Waals surface area contributed by atoms with Gasteiger partial charge in [0.05, 0.1) is 0 Å². The van der Waals surface area contributed by atoms with Gasteiger partial charge in [-0.2, -0.15) is 0 Å². The molecule has 0 aliphatic heterocycles. The molecule has 0 aromatic rings. The third-order valence-corrected chi connectivity index (χ3v) is 2.48. The van der Waals surface area contributed by atoms with Crippen molar-refractivity contribution in [3.8, 4) is 0 Å². The molecule has 0 fully saturated rings. The topological polar surface area (TPSA) is 100 Å². The molecule has 0 heterocycles. The predicted molar refractivity (Wildman–Crippen MR) is 64.9 cm³/mol. The Morgan fingerprint density at radius 1 is 0.842 bits per heavy atom. The molecule has 0 radical (unpaired) electrons. The van der Waals surface area contributed by atoms with Crippen LogP contribution in [0.5, 0.6) is 0 Å². The summed E-state index contributed by atoms with van der Waals surface area (Å²) in [6, 6.07) is 0. The SMILES string of the molecule is CCCCCCCCCCCC(=O)[O-].O=C([O-])O.[Zn+2]. The van der Waals surface area contributed by atoms with Gasteiger partial charge in [-0.25, -0.2) is 0 Å². The fourth-order valence-electron chi connectivity index (χ4n) is 1.58. The number of carbonyl (C=O) groups excluding carboxylic acids is 1. The Kier molecular flexibility index (Phi) is 24.3. The molecule has 0 atom stereocenters. The van der Waals surface area contributed by atoms with Gasteiger partial charge < -0.3 is 24.9 Å². The van der Waals surface area contributed by atoms with E-state index in [1.54, 1.807) is 0 Å². The largest absolute Gasteiger partial charge is 2.00 e. The van der Waals surface area contributed by atoms with Crippen molar-refractivity contribution in [1.82, 2.24) is 0 Å². The number of aliphatic carboxylic acids is 1. The summed E-state index contributed by atoms with van der Waals surface area (Å²) in [7, 11) is 0. The van der Waals surface area contributed by atoms with Gasteiger partial charge in [-0.1, -0.05) is 58.3 Å². The van der Waals surface area contributed by atoms with Crippen molar-refractivity contribution in [2.45, 2.75) is 71.1 Å². The van der Waals surface area contributed by atoms with Crippen molar-refractivity contribution < 1.29 is 44.4 Å². The van der Waals surface area contributed by atoms with Crippen molar-refractivity contribution in [3.05, 3.63) is 0 Å². The quantitative estimate of drug-likeness (QED) is 0.485. The zero-order valence-electron chi connectivity index (χ0n) is 11.9. The van der Waals surface area contributed by atoms with Gasteiger partial charge in [0.25, 0.3) is 0 Å². The van der Waals surface area contributed by atoms with Crippen LogP contribution in [-0.2, 0) is 24.3 Å². The van der Waals surface area contributed by atoms with Crippen LogP contribution < -0.4 is 10.2 Å². The molecule has 0 aromatic carbocycles. The van der Waals surface area contributed by atoms with Crippen LogP contribution in [0.15, 0.2) is 0 Å². The molecule has 19 heavy (non-hydrogen) atoms. The molecule has 0 aromatic heterocycles. The minimum atomic E-state index is -2.08. The number of carboxylic acids is 1. The normalized spacial score (nSPS) is 8.89. The molecule has 0 amide bonds. The van der Waals surface area contributed by atoms with E-state index < -0.39 is 12.1 Å². The predicted octanol–water partition coefficient (Wildman–Crippen LogP) is 1.54. The van der Waals surface area contributed by atoms with Crippen LogP contribution in [0.1, 0.15) is 71.1 Å². The Bertz CT molecular complexity index is 205. The fraction of sp³-hybridized carbons (Fsp3) is 0.846. The van der Waals surface area contributed by atoms with Crippen LogP contribution >= 0.6 is 0 Å². The van der Waals surface area contributed by atoms with Gasteiger partial charge in [-0.05, 0) is 12.8 Å². The summed E-state index contributed by atoms with van der Waals surface area (Å²) >= 11 is 0. The van der Waals surface area contributed by atoms with E-state index in [9.17, 15) is 9.90 Å². The first-order valence-electron chi connectivity index (χ1n) is 6.60. The van der Waals surface area contributed by atoms with Gasteiger partial charge in [-0.3, -0.25) is 0 Å². The third-order valence-electron chi connectivity index (χ3n) is 2.48. The summed E-state index contributed by atoms with van der Waals surface area (Å²) < 4.78 is 0. The second kappa shape index (κ2) is 19.7. The number of hydrogen-bond acceptors (Lipinski definition) is 4. The molecular weight excluding hydrogens is 302 g/mol. The minimum absolute atomic E-state index is 0. The van der Waals surface area contributed by atoms with E-state index in [-0.39, 0.29) is 25.9 Å². The Morgan fingerprint density at radius 2 is 1.16 bits per heavy atom. The summed E-state index contributed by atoms with van der Waals surface area (Å²) in [5.41, 5.74) is 0. The summed E-state index contributed by atoms with van der Waals surface area (Å²) in [5.74, 6) is -0.909. The van der Waals surface area contributed by atoms with E-state index in [4.69, 9.17) is 15.0 Å². The maximum Gasteiger partial charge on any atom is 2.00 e. The first-order valence-corrected chi connectivity index (χ1v) is 6.60. The van der Waals surface area contributed by atoms with Gasteiger partial charge in [0.15, 0.2) is 0 Å². The molecule has 0 rings (SSSR count). The monoisotopic (exact) mass is 324 g/mol. The molecule has 0 saturated heterocycles. The number of unbranched alkanes of at least 4 members (excludes halogenated alkanes) is 8. The van der Waals surface area contributed by atoms with Crippen molar-refractivity contribution in [1.29, 1.82) is 0 Å². The number of rotatable bonds is 10. The Morgan fingerprint density at radius 3 is 1.47 bits per heavy atom. The van der Waals surface area contributed by atoms with Gasteiger partial charge in [0.2, 0.25) is 6.16 Å². The van der Waals surface area contributed by atoms with Crippen molar-refractivity contribution in [2.75, 3.05) is 0 Å². The zero-order chi connectivity index (χ0) is 14.2.